The van der Waals surface area contributed by atoms with Crippen molar-refractivity contribution in [2.45, 2.75) is 31.9 Å². The Morgan fingerprint density at radius 2 is 2.15 bits per heavy atom. The maximum Gasteiger partial charge on any atom is 0.387 e. The van der Waals surface area contributed by atoms with Gasteiger partial charge in [0.05, 0.1) is 5.56 Å². The molecule has 0 aromatic heterocycles. The second-order valence-corrected chi connectivity index (χ2v) is 5.11. The van der Waals surface area contributed by atoms with Crippen LogP contribution in [0.15, 0.2) is 24.3 Å². The highest BCUT2D eigenvalue weighted by Crippen LogP contribution is 2.28. The van der Waals surface area contributed by atoms with Crippen LogP contribution in [0.25, 0.3) is 0 Å². The molecule has 0 heterocycles. The van der Waals surface area contributed by atoms with Crippen molar-refractivity contribution in [3.63, 3.8) is 0 Å². The zero-order chi connectivity index (χ0) is 14.5. The van der Waals surface area contributed by atoms with Gasteiger partial charge in [-0.05, 0) is 30.9 Å². The van der Waals surface area contributed by atoms with Gasteiger partial charge in [-0.15, -0.1) is 11.6 Å². The Hall–Kier alpha value is -1.36. The lowest BCUT2D eigenvalue weighted by Crippen LogP contribution is -2.38. The Kier molecular flexibility index (Phi) is 5.17. The molecule has 2 atom stereocenters. The van der Waals surface area contributed by atoms with Crippen LogP contribution in [0.2, 0.25) is 0 Å². The maximum atomic E-state index is 12.3. The van der Waals surface area contributed by atoms with Crippen molar-refractivity contribution in [2.24, 2.45) is 5.92 Å². The molecule has 0 saturated heterocycles. The summed E-state index contributed by atoms with van der Waals surface area (Å²) in [4.78, 5) is 12.2. The van der Waals surface area contributed by atoms with Crippen LogP contribution < -0.4 is 10.1 Å². The van der Waals surface area contributed by atoms with Crippen molar-refractivity contribution in [1.29, 1.82) is 0 Å². The summed E-state index contributed by atoms with van der Waals surface area (Å²) in [5.74, 6) is 0.215. The summed E-state index contributed by atoms with van der Waals surface area (Å²) in [5.41, 5.74) is 0.119. The number of hydrogen-bond donors (Lipinski definition) is 1. The minimum absolute atomic E-state index is 0.000365. The number of hydrogen-bond acceptors (Lipinski definition) is 2. The summed E-state index contributed by atoms with van der Waals surface area (Å²) in [6.07, 6.45) is 2.85. The van der Waals surface area contributed by atoms with Gasteiger partial charge in [0.25, 0.3) is 5.91 Å². The number of benzene rings is 1. The fraction of sp³-hybridized carbons (Fsp3) is 0.500. The van der Waals surface area contributed by atoms with Gasteiger partial charge < -0.3 is 10.1 Å². The number of ether oxygens (including phenoxy) is 1. The predicted molar refractivity (Wildman–Crippen MR) is 72.4 cm³/mol. The second-order valence-electron chi connectivity index (χ2n) is 4.80. The van der Waals surface area contributed by atoms with Crippen LogP contribution >= 0.6 is 11.6 Å². The smallest absolute Gasteiger partial charge is 0.387 e. The number of alkyl halides is 3. The first-order chi connectivity index (χ1) is 9.61. The van der Waals surface area contributed by atoms with E-state index in [1.165, 1.54) is 12.1 Å². The van der Waals surface area contributed by atoms with E-state index in [4.69, 9.17) is 11.6 Å². The fourth-order valence-electron chi connectivity index (χ4n) is 2.51. The lowest BCUT2D eigenvalue weighted by atomic mass is 10.1. The summed E-state index contributed by atoms with van der Waals surface area (Å²) in [5, 5.41) is 2.86. The molecule has 20 heavy (non-hydrogen) atoms. The highest BCUT2D eigenvalue weighted by Gasteiger charge is 2.28. The third kappa shape index (κ3) is 3.60. The molecule has 1 aliphatic carbocycles. The van der Waals surface area contributed by atoms with E-state index in [1.54, 1.807) is 12.1 Å². The number of carbonyl (C=O) groups excluding carboxylic acids is 1. The summed E-state index contributed by atoms with van der Waals surface area (Å²) < 4.78 is 29.0. The van der Waals surface area contributed by atoms with Crippen molar-refractivity contribution in [3.8, 4) is 5.75 Å². The lowest BCUT2D eigenvalue weighted by Gasteiger charge is -2.19. The number of halogens is 3. The molecule has 2 unspecified atom stereocenters. The summed E-state index contributed by atoms with van der Waals surface area (Å²) in [6, 6.07) is 5.98. The van der Waals surface area contributed by atoms with E-state index in [0.717, 1.165) is 19.3 Å². The molecule has 1 N–H and O–H groups in total. The fourth-order valence-corrected chi connectivity index (χ4v) is 2.88. The number of amides is 1. The molecule has 3 nitrogen and oxygen atoms in total. The number of nitrogens with one attached hydrogen (secondary N) is 1. The molecule has 1 aromatic rings. The Morgan fingerprint density at radius 3 is 2.85 bits per heavy atom. The standard InChI is InChI=1S/C14H16ClF2NO2/c15-8-9-4-3-6-11(9)18-13(19)10-5-1-2-7-12(10)20-14(16)17/h1-2,5,7,9,11,14H,3-4,6,8H2,(H,18,19). The summed E-state index contributed by atoms with van der Waals surface area (Å²) in [7, 11) is 0. The van der Waals surface area contributed by atoms with E-state index >= 15 is 0 Å². The van der Waals surface area contributed by atoms with Crippen LogP contribution in [0.5, 0.6) is 5.75 Å². The average Bonchev–Trinajstić information content (AvgIpc) is 2.85. The maximum absolute atomic E-state index is 12.3. The predicted octanol–water partition coefficient (Wildman–Crippen LogP) is 3.43. The summed E-state index contributed by atoms with van der Waals surface area (Å²) >= 11 is 5.86. The first-order valence-electron chi connectivity index (χ1n) is 6.52. The minimum atomic E-state index is -2.95. The van der Waals surface area contributed by atoms with Gasteiger partial charge in [-0.1, -0.05) is 18.6 Å². The van der Waals surface area contributed by atoms with E-state index in [1.807, 2.05) is 0 Å². The molecule has 0 radical (unpaired) electrons. The Balaban J connectivity index is 2.09. The van der Waals surface area contributed by atoms with Gasteiger partial charge in [0.2, 0.25) is 0 Å². The van der Waals surface area contributed by atoms with Crippen LogP contribution in [0.3, 0.4) is 0 Å². The molecule has 110 valence electrons. The van der Waals surface area contributed by atoms with Crippen molar-refractivity contribution in [2.75, 3.05) is 5.88 Å². The van der Waals surface area contributed by atoms with Crippen LogP contribution in [0.1, 0.15) is 29.6 Å². The van der Waals surface area contributed by atoms with Crippen molar-refractivity contribution < 1.29 is 18.3 Å². The Bertz CT molecular complexity index is 470. The van der Waals surface area contributed by atoms with Gasteiger partial charge >= 0.3 is 6.61 Å². The van der Waals surface area contributed by atoms with Gasteiger partial charge in [0.15, 0.2) is 0 Å². The zero-order valence-electron chi connectivity index (χ0n) is 10.8. The average molecular weight is 304 g/mol. The first kappa shape index (κ1) is 15.0. The number of rotatable bonds is 5. The van der Waals surface area contributed by atoms with Crippen molar-refractivity contribution >= 4 is 17.5 Å². The molecule has 2 rings (SSSR count). The van der Waals surface area contributed by atoms with Gasteiger partial charge in [-0.25, -0.2) is 0 Å². The van der Waals surface area contributed by atoms with Gasteiger partial charge in [0.1, 0.15) is 5.75 Å². The number of para-hydroxylation sites is 1. The molecule has 1 saturated carbocycles. The van der Waals surface area contributed by atoms with E-state index < -0.39 is 12.5 Å². The number of carbonyl (C=O) groups is 1. The molecule has 1 aromatic carbocycles. The third-order valence-electron chi connectivity index (χ3n) is 3.52. The highest BCUT2D eigenvalue weighted by atomic mass is 35.5. The van der Waals surface area contributed by atoms with E-state index in [2.05, 4.69) is 10.1 Å². The normalized spacial score (nSPS) is 22.0. The van der Waals surface area contributed by atoms with Gasteiger partial charge in [-0.2, -0.15) is 8.78 Å². The van der Waals surface area contributed by atoms with Crippen LogP contribution in [0, 0.1) is 5.92 Å². The topological polar surface area (TPSA) is 38.3 Å². The highest BCUT2D eigenvalue weighted by molar-refractivity contribution is 6.18. The van der Waals surface area contributed by atoms with Crippen LogP contribution in [-0.2, 0) is 0 Å². The molecule has 6 heteroatoms. The van der Waals surface area contributed by atoms with Gasteiger partial charge in [-0.3, -0.25) is 4.79 Å². The molecule has 1 fully saturated rings. The first-order valence-corrected chi connectivity index (χ1v) is 7.06. The molecule has 0 bridgehead atoms. The SMILES string of the molecule is O=C(NC1CCCC1CCl)c1ccccc1OC(F)F. The largest absolute Gasteiger partial charge is 0.434 e. The monoisotopic (exact) mass is 303 g/mol. The molecule has 0 aliphatic heterocycles. The molecular formula is C14H16ClF2NO2. The molecule has 1 aliphatic rings. The second kappa shape index (κ2) is 6.88. The van der Waals surface area contributed by atoms with E-state index in [0.29, 0.717) is 5.88 Å². The molecule has 1 amide bonds. The van der Waals surface area contributed by atoms with E-state index in [-0.39, 0.29) is 23.3 Å². The Morgan fingerprint density at radius 1 is 1.40 bits per heavy atom. The van der Waals surface area contributed by atoms with Crippen molar-refractivity contribution in [3.05, 3.63) is 29.8 Å². The van der Waals surface area contributed by atoms with Crippen LogP contribution in [-0.4, -0.2) is 24.4 Å². The molecule has 0 spiro atoms. The Labute approximate surface area is 121 Å². The van der Waals surface area contributed by atoms with E-state index in [9.17, 15) is 13.6 Å². The van der Waals surface area contributed by atoms with Gasteiger partial charge in [0, 0.05) is 11.9 Å². The molecular weight excluding hydrogens is 288 g/mol. The third-order valence-corrected chi connectivity index (χ3v) is 3.92. The quantitative estimate of drug-likeness (QED) is 0.846. The van der Waals surface area contributed by atoms with Crippen LogP contribution in [0.4, 0.5) is 8.78 Å². The minimum Gasteiger partial charge on any atom is -0.434 e. The lowest BCUT2D eigenvalue weighted by molar-refractivity contribution is -0.0501. The summed E-state index contributed by atoms with van der Waals surface area (Å²) in [6.45, 7) is -2.95. The van der Waals surface area contributed by atoms with Crippen molar-refractivity contribution in [1.82, 2.24) is 5.32 Å². The zero-order valence-corrected chi connectivity index (χ0v) is 11.6.